The van der Waals surface area contributed by atoms with Crippen LogP contribution in [0.3, 0.4) is 0 Å². The molecular formula is C13H23N3. The number of likely N-dealkylation sites (N-methyl/N-ethyl adjacent to an activating group) is 1. The molecule has 0 bridgehead atoms. The summed E-state index contributed by atoms with van der Waals surface area (Å²) in [6.07, 6.45) is 3.41. The topological polar surface area (TPSA) is 18.5 Å². The van der Waals surface area contributed by atoms with Gasteiger partial charge in [0.05, 0.1) is 0 Å². The molecule has 0 aromatic carbocycles. The van der Waals surface area contributed by atoms with Crippen LogP contribution in [0.25, 0.3) is 0 Å². The van der Waals surface area contributed by atoms with Crippen molar-refractivity contribution in [3.8, 4) is 0 Å². The normalized spacial score (nSPS) is 26.9. The van der Waals surface area contributed by atoms with Crippen molar-refractivity contribution >= 4 is 0 Å². The molecule has 90 valence electrons. The first kappa shape index (κ1) is 11.5. The van der Waals surface area contributed by atoms with E-state index < -0.39 is 0 Å². The first-order valence-corrected chi connectivity index (χ1v) is 6.21. The van der Waals surface area contributed by atoms with Gasteiger partial charge < -0.3 is 15.1 Å². The number of nitrogens with zero attached hydrogens (tertiary/aromatic N) is 2. The highest BCUT2D eigenvalue weighted by Gasteiger charge is 2.21. The average Bonchev–Trinajstić information content (AvgIpc) is 2.65. The van der Waals surface area contributed by atoms with E-state index in [9.17, 15) is 0 Å². The van der Waals surface area contributed by atoms with Crippen LogP contribution in [0.15, 0.2) is 24.6 Å². The Morgan fingerprint density at radius 3 is 2.62 bits per heavy atom. The Bertz CT molecular complexity index is 277. The molecular weight excluding hydrogens is 198 g/mol. The third-order valence-corrected chi connectivity index (χ3v) is 3.64. The van der Waals surface area contributed by atoms with Crippen LogP contribution in [0.2, 0.25) is 0 Å². The van der Waals surface area contributed by atoms with Crippen LogP contribution < -0.4 is 5.32 Å². The fourth-order valence-electron chi connectivity index (χ4n) is 2.47. The van der Waals surface area contributed by atoms with E-state index in [-0.39, 0.29) is 0 Å². The van der Waals surface area contributed by atoms with Gasteiger partial charge >= 0.3 is 0 Å². The largest absolute Gasteiger partial charge is 0.386 e. The van der Waals surface area contributed by atoms with Gasteiger partial charge in [0.25, 0.3) is 0 Å². The molecule has 0 aromatic heterocycles. The lowest BCUT2D eigenvalue weighted by atomic mass is 10.1. The van der Waals surface area contributed by atoms with Gasteiger partial charge in [0.15, 0.2) is 0 Å². The Kier molecular flexibility index (Phi) is 3.54. The summed E-state index contributed by atoms with van der Waals surface area (Å²) in [5.41, 5.74) is 2.48. The van der Waals surface area contributed by atoms with Crippen molar-refractivity contribution in [3.63, 3.8) is 0 Å². The predicted molar refractivity (Wildman–Crippen MR) is 68.1 cm³/mol. The second-order valence-electron chi connectivity index (χ2n) is 5.04. The standard InChI is InChI=1S/C13H23N3/c1-11-4-5-13(14-11)10-12(2)16-8-6-15(3)7-9-16/h13-14H,1-2,4-10H2,3H3. The molecule has 2 fully saturated rings. The van der Waals surface area contributed by atoms with Gasteiger partial charge in [-0.2, -0.15) is 0 Å². The third-order valence-electron chi connectivity index (χ3n) is 3.64. The quantitative estimate of drug-likeness (QED) is 0.777. The predicted octanol–water partition coefficient (Wildman–Crippen LogP) is 1.40. The molecule has 3 nitrogen and oxygen atoms in total. The lowest BCUT2D eigenvalue weighted by Crippen LogP contribution is -2.44. The van der Waals surface area contributed by atoms with Gasteiger partial charge in [0.1, 0.15) is 0 Å². The molecule has 1 unspecified atom stereocenters. The average molecular weight is 221 g/mol. The smallest absolute Gasteiger partial charge is 0.0316 e. The van der Waals surface area contributed by atoms with Crippen LogP contribution in [-0.4, -0.2) is 49.1 Å². The van der Waals surface area contributed by atoms with E-state index in [0.29, 0.717) is 6.04 Å². The molecule has 0 amide bonds. The molecule has 2 aliphatic heterocycles. The summed E-state index contributed by atoms with van der Waals surface area (Å²) in [4.78, 5) is 4.81. The zero-order chi connectivity index (χ0) is 11.5. The highest BCUT2D eigenvalue weighted by atomic mass is 15.2. The second-order valence-corrected chi connectivity index (χ2v) is 5.04. The van der Waals surface area contributed by atoms with Gasteiger partial charge in [-0.15, -0.1) is 0 Å². The van der Waals surface area contributed by atoms with Crippen molar-refractivity contribution in [2.75, 3.05) is 33.2 Å². The second kappa shape index (κ2) is 4.91. The maximum atomic E-state index is 4.23. The number of hydrogen-bond donors (Lipinski definition) is 1. The minimum Gasteiger partial charge on any atom is -0.386 e. The first-order chi connectivity index (χ1) is 7.65. The van der Waals surface area contributed by atoms with Crippen molar-refractivity contribution in [1.29, 1.82) is 0 Å². The number of hydrogen-bond acceptors (Lipinski definition) is 3. The number of allylic oxidation sites excluding steroid dienone is 1. The van der Waals surface area contributed by atoms with Gasteiger partial charge in [0.2, 0.25) is 0 Å². The van der Waals surface area contributed by atoms with Crippen LogP contribution in [-0.2, 0) is 0 Å². The van der Waals surface area contributed by atoms with Gasteiger partial charge in [-0.1, -0.05) is 13.2 Å². The van der Waals surface area contributed by atoms with Gasteiger partial charge in [-0.05, 0) is 19.9 Å². The minimum atomic E-state index is 0.569. The van der Waals surface area contributed by atoms with Crippen LogP contribution in [0.1, 0.15) is 19.3 Å². The number of nitrogens with one attached hydrogen (secondary N) is 1. The van der Waals surface area contributed by atoms with E-state index in [2.05, 4.69) is 35.3 Å². The van der Waals surface area contributed by atoms with Gasteiger partial charge in [-0.3, -0.25) is 0 Å². The third kappa shape index (κ3) is 2.79. The van der Waals surface area contributed by atoms with E-state index in [1.54, 1.807) is 0 Å². The van der Waals surface area contributed by atoms with Crippen LogP contribution in [0.4, 0.5) is 0 Å². The molecule has 1 atom stereocenters. The summed E-state index contributed by atoms with van der Waals surface area (Å²) in [5.74, 6) is 0. The van der Waals surface area contributed by atoms with E-state index in [4.69, 9.17) is 0 Å². The van der Waals surface area contributed by atoms with E-state index in [0.717, 1.165) is 39.0 Å². The lowest BCUT2D eigenvalue weighted by Gasteiger charge is -2.36. The molecule has 1 N–H and O–H groups in total. The Balaban J connectivity index is 1.77. The first-order valence-electron chi connectivity index (χ1n) is 6.21. The molecule has 0 aliphatic carbocycles. The minimum absolute atomic E-state index is 0.569. The molecule has 16 heavy (non-hydrogen) atoms. The Labute approximate surface area is 98.8 Å². The highest BCUT2D eigenvalue weighted by Crippen LogP contribution is 2.21. The molecule has 2 rings (SSSR count). The van der Waals surface area contributed by atoms with Crippen molar-refractivity contribution < 1.29 is 0 Å². The van der Waals surface area contributed by atoms with Crippen LogP contribution in [0, 0.1) is 0 Å². The summed E-state index contributed by atoms with van der Waals surface area (Å²) in [6.45, 7) is 12.8. The Morgan fingerprint density at radius 2 is 2.06 bits per heavy atom. The van der Waals surface area contributed by atoms with Crippen LogP contribution >= 0.6 is 0 Å². The van der Waals surface area contributed by atoms with Crippen molar-refractivity contribution in [1.82, 2.24) is 15.1 Å². The molecule has 2 heterocycles. The van der Waals surface area contributed by atoms with Crippen molar-refractivity contribution in [3.05, 3.63) is 24.6 Å². The highest BCUT2D eigenvalue weighted by molar-refractivity contribution is 5.07. The Hall–Kier alpha value is -0.960. The Morgan fingerprint density at radius 1 is 1.38 bits per heavy atom. The molecule has 0 aromatic rings. The summed E-state index contributed by atoms with van der Waals surface area (Å²) < 4.78 is 0. The molecule has 3 heteroatoms. The summed E-state index contributed by atoms with van der Waals surface area (Å²) in [5, 5.41) is 3.44. The molecule has 0 saturated carbocycles. The molecule has 2 saturated heterocycles. The maximum Gasteiger partial charge on any atom is 0.0316 e. The fourth-order valence-corrected chi connectivity index (χ4v) is 2.47. The molecule has 2 aliphatic rings. The van der Waals surface area contributed by atoms with Crippen molar-refractivity contribution in [2.45, 2.75) is 25.3 Å². The fraction of sp³-hybridized carbons (Fsp3) is 0.692. The van der Waals surface area contributed by atoms with E-state index in [1.165, 1.54) is 17.8 Å². The summed E-state index contributed by atoms with van der Waals surface area (Å²) in [7, 11) is 2.18. The van der Waals surface area contributed by atoms with Crippen LogP contribution in [0.5, 0.6) is 0 Å². The molecule has 0 spiro atoms. The maximum absolute atomic E-state index is 4.23. The zero-order valence-corrected chi connectivity index (χ0v) is 10.3. The van der Waals surface area contributed by atoms with E-state index in [1.807, 2.05) is 0 Å². The number of piperazine rings is 1. The molecule has 0 radical (unpaired) electrons. The van der Waals surface area contributed by atoms with E-state index >= 15 is 0 Å². The zero-order valence-electron chi connectivity index (χ0n) is 10.3. The SMILES string of the molecule is C=C1CCC(CC(=C)N2CCN(C)CC2)N1. The number of rotatable bonds is 3. The summed E-state index contributed by atoms with van der Waals surface area (Å²) in [6, 6.07) is 0.569. The van der Waals surface area contributed by atoms with Gasteiger partial charge in [-0.25, -0.2) is 0 Å². The lowest BCUT2D eigenvalue weighted by molar-refractivity contribution is 0.181. The van der Waals surface area contributed by atoms with Gasteiger partial charge in [0, 0.05) is 50.0 Å². The summed E-state index contributed by atoms with van der Waals surface area (Å²) >= 11 is 0. The monoisotopic (exact) mass is 221 g/mol. The van der Waals surface area contributed by atoms with Crippen molar-refractivity contribution in [2.24, 2.45) is 0 Å².